The first-order valence-electron chi connectivity index (χ1n) is 9.07. The smallest absolute Gasteiger partial charge is 0.508 e. The van der Waals surface area contributed by atoms with Gasteiger partial charge in [-0.25, -0.2) is 4.57 Å². The molecular weight excluding hydrogens is 359 g/mol. The van der Waals surface area contributed by atoms with Crippen LogP contribution >= 0.6 is 7.82 Å². The second-order valence-electron chi connectivity index (χ2n) is 8.31. The number of benzene rings is 1. The molecule has 1 aromatic rings. The Morgan fingerprint density at radius 1 is 1.23 bits per heavy atom. The molecule has 0 radical (unpaired) electrons. The van der Waals surface area contributed by atoms with E-state index in [9.17, 15) is 29.7 Å². The topological polar surface area (TPSA) is 127 Å². The minimum absolute atomic E-state index is 0.0384. The van der Waals surface area contributed by atoms with Crippen LogP contribution in [0, 0.1) is 17.3 Å². The lowest BCUT2D eigenvalue weighted by Crippen LogP contribution is -2.44. The molecule has 0 bridgehead atoms. The van der Waals surface area contributed by atoms with E-state index in [4.69, 9.17) is 4.52 Å². The van der Waals surface area contributed by atoms with Crippen LogP contribution in [0.1, 0.15) is 49.7 Å². The number of fused-ring (bicyclic) bond motifs is 5. The van der Waals surface area contributed by atoms with E-state index in [0.29, 0.717) is 12.8 Å². The Bertz CT molecular complexity index is 775. The first kappa shape index (κ1) is 18.3. The highest BCUT2D eigenvalue weighted by molar-refractivity contribution is 7.46. The number of phosphoric ester groups is 1. The Kier molecular flexibility index (Phi) is 4.18. The number of aromatic hydroxyl groups is 1. The largest absolute Gasteiger partial charge is 0.524 e. The Morgan fingerprint density at radius 2 is 1.96 bits per heavy atom. The fraction of sp³-hybridized carbons (Fsp3) is 0.667. The van der Waals surface area contributed by atoms with Gasteiger partial charge in [-0.2, -0.15) is 0 Å². The van der Waals surface area contributed by atoms with E-state index in [-0.39, 0.29) is 34.7 Å². The third-order valence-corrected chi connectivity index (χ3v) is 7.39. The molecule has 3 aliphatic carbocycles. The van der Waals surface area contributed by atoms with Gasteiger partial charge in [0.2, 0.25) is 0 Å². The van der Waals surface area contributed by atoms with E-state index in [1.54, 1.807) is 6.07 Å². The van der Waals surface area contributed by atoms with Gasteiger partial charge in [0.25, 0.3) is 0 Å². The van der Waals surface area contributed by atoms with Crippen molar-refractivity contribution in [3.8, 4) is 11.5 Å². The Hall–Kier alpha value is -1.11. The summed E-state index contributed by atoms with van der Waals surface area (Å²) in [5, 5.41) is 30.6. The molecule has 0 aromatic heterocycles. The maximum absolute atomic E-state index is 11.4. The fourth-order valence-electron chi connectivity index (χ4n) is 5.86. The molecule has 2 fully saturated rings. The highest BCUT2D eigenvalue weighted by atomic mass is 31.2. The summed E-state index contributed by atoms with van der Waals surface area (Å²) in [7, 11) is -4.75. The van der Waals surface area contributed by atoms with Gasteiger partial charge in [0.05, 0.1) is 12.2 Å². The molecule has 144 valence electrons. The van der Waals surface area contributed by atoms with Gasteiger partial charge >= 0.3 is 7.82 Å². The zero-order valence-corrected chi connectivity index (χ0v) is 15.5. The summed E-state index contributed by atoms with van der Waals surface area (Å²) in [5.74, 6) is 0.369. The zero-order valence-electron chi connectivity index (χ0n) is 14.6. The number of hydrogen-bond donors (Lipinski definition) is 5. The number of aliphatic hydroxyl groups excluding tert-OH is 2. The molecule has 0 spiro atoms. The molecule has 0 amide bonds. The molecule has 0 aliphatic heterocycles. The van der Waals surface area contributed by atoms with Crippen LogP contribution in [0.15, 0.2) is 12.1 Å². The van der Waals surface area contributed by atoms with Crippen LogP contribution in [0.2, 0.25) is 0 Å². The highest BCUT2D eigenvalue weighted by Gasteiger charge is 2.58. The molecule has 7 nitrogen and oxygen atoms in total. The molecule has 0 saturated heterocycles. The summed E-state index contributed by atoms with van der Waals surface area (Å²) in [4.78, 5) is 18.5. The molecule has 4 rings (SSSR count). The van der Waals surface area contributed by atoms with Crippen LogP contribution in [0.5, 0.6) is 11.5 Å². The van der Waals surface area contributed by atoms with E-state index in [1.807, 2.05) is 6.92 Å². The third-order valence-electron chi connectivity index (χ3n) is 6.96. The van der Waals surface area contributed by atoms with E-state index < -0.39 is 20.0 Å². The number of phosphoric acid groups is 1. The summed E-state index contributed by atoms with van der Waals surface area (Å²) in [6.07, 6.45) is 2.08. The monoisotopic (exact) mass is 384 g/mol. The van der Waals surface area contributed by atoms with Crippen LogP contribution in [-0.4, -0.2) is 37.3 Å². The van der Waals surface area contributed by atoms with Crippen molar-refractivity contribution in [2.45, 2.75) is 57.2 Å². The van der Waals surface area contributed by atoms with Gasteiger partial charge in [0.15, 0.2) is 0 Å². The van der Waals surface area contributed by atoms with E-state index in [1.165, 1.54) is 6.07 Å². The van der Waals surface area contributed by atoms with Crippen molar-refractivity contribution in [2.24, 2.45) is 17.3 Å². The first-order chi connectivity index (χ1) is 12.1. The van der Waals surface area contributed by atoms with Crippen molar-refractivity contribution in [3.63, 3.8) is 0 Å². The van der Waals surface area contributed by atoms with Crippen LogP contribution < -0.4 is 4.52 Å². The van der Waals surface area contributed by atoms with Crippen LogP contribution in [-0.2, 0) is 11.0 Å². The first-order valence-corrected chi connectivity index (χ1v) is 10.6. The lowest BCUT2D eigenvalue weighted by atomic mass is 9.55. The van der Waals surface area contributed by atoms with Gasteiger partial charge in [-0.05, 0) is 66.9 Å². The summed E-state index contributed by atoms with van der Waals surface area (Å²) >= 11 is 0. The van der Waals surface area contributed by atoms with Gasteiger partial charge in [0.1, 0.15) is 11.5 Å². The van der Waals surface area contributed by atoms with E-state index >= 15 is 0 Å². The normalized spacial score (nSPS) is 39.0. The second-order valence-corrected chi connectivity index (χ2v) is 9.47. The lowest BCUT2D eigenvalue weighted by molar-refractivity contribution is -0.0506. The highest BCUT2D eigenvalue weighted by Crippen LogP contribution is 2.62. The minimum atomic E-state index is -4.75. The predicted octanol–water partition coefficient (Wildman–Crippen LogP) is 2.05. The van der Waals surface area contributed by atoms with Crippen molar-refractivity contribution in [1.29, 1.82) is 0 Å². The van der Waals surface area contributed by atoms with Crippen LogP contribution in [0.4, 0.5) is 0 Å². The lowest BCUT2D eigenvalue weighted by Gasteiger charge is -2.50. The molecular formula is C18H25O7P. The molecule has 3 aliphatic rings. The van der Waals surface area contributed by atoms with Crippen LogP contribution in [0.25, 0.3) is 0 Å². The van der Waals surface area contributed by atoms with Crippen molar-refractivity contribution in [1.82, 2.24) is 0 Å². The number of rotatable bonds is 2. The van der Waals surface area contributed by atoms with Crippen LogP contribution in [0.3, 0.4) is 0 Å². The Morgan fingerprint density at radius 3 is 2.65 bits per heavy atom. The molecule has 26 heavy (non-hydrogen) atoms. The summed E-state index contributed by atoms with van der Waals surface area (Å²) in [6.45, 7) is 2.04. The minimum Gasteiger partial charge on any atom is -0.508 e. The average molecular weight is 384 g/mol. The average Bonchev–Trinajstić information content (AvgIpc) is 2.76. The number of aliphatic hydroxyl groups is 2. The number of phenols is 1. The van der Waals surface area contributed by atoms with Gasteiger partial charge in [-0.3, -0.25) is 9.79 Å². The number of hydrogen-bond acceptors (Lipinski definition) is 5. The van der Waals surface area contributed by atoms with Crippen molar-refractivity contribution >= 4 is 7.82 Å². The second kappa shape index (κ2) is 5.94. The van der Waals surface area contributed by atoms with Crippen molar-refractivity contribution in [2.75, 3.05) is 0 Å². The molecule has 2 saturated carbocycles. The maximum Gasteiger partial charge on any atom is 0.524 e. The molecule has 0 unspecified atom stereocenters. The van der Waals surface area contributed by atoms with Gasteiger partial charge in [0, 0.05) is 11.6 Å². The SMILES string of the molecule is C[C@]12CC[C@@H]3c4c(cc(O)cc4OP(=O)(O)O)CC[C@H]3[C@@H]1C[C@@H](O)[C@@H]2O. The van der Waals surface area contributed by atoms with Gasteiger partial charge in [-0.1, -0.05) is 6.92 Å². The third kappa shape index (κ3) is 2.77. The quantitative estimate of drug-likeness (QED) is 0.494. The zero-order chi connectivity index (χ0) is 18.9. The molecule has 0 heterocycles. The molecule has 1 aromatic carbocycles. The number of aryl methyl sites for hydroxylation is 1. The molecule has 5 N–H and O–H groups in total. The van der Waals surface area contributed by atoms with Crippen molar-refractivity contribution in [3.05, 3.63) is 23.3 Å². The van der Waals surface area contributed by atoms with Crippen molar-refractivity contribution < 1.29 is 34.2 Å². The summed E-state index contributed by atoms with van der Waals surface area (Å²) < 4.78 is 16.3. The number of phenolic OH excluding ortho intramolecular Hbond substituents is 1. The molecule has 6 atom stereocenters. The van der Waals surface area contributed by atoms with Gasteiger partial charge in [-0.15, -0.1) is 0 Å². The Labute approximate surface area is 151 Å². The molecule has 8 heteroatoms. The summed E-state index contributed by atoms with van der Waals surface area (Å²) in [6, 6.07) is 2.91. The fourth-order valence-corrected chi connectivity index (χ4v) is 6.27. The van der Waals surface area contributed by atoms with E-state index in [2.05, 4.69) is 0 Å². The predicted molar refractivity (Wildman–Crippen MR) is 92.8 cm³/mol. The Balaban J connectivity index is 1.76. The van der Waals surface area contributed by atoms with E-state index in [0.717, 1.165) is 30.4 Å². The standard InChI is InChI=1S/C18H25O7P/c1-18-5-4-12-11(13(18)8-14(20)17(18)21)3-2-9-6-10(19)7-15(16(9)12)25-26(22,23)24/h6-7,11-14,17,19-21H,2-5,8H2,1H3,(H2,22,23,24)/t11-,12+,13+,14-,17+,18+/m1/s1. The van der Waals surface area contributed by atoms with Gasteiger partial charge < -0.3 is 19.8 Å². The maximum atomic E-state index is 11.4. The summed E-state index contributed by atoms with van der Waals surface area (Å²) in [5.41, 5.74) is 1.29.